The highest BCUT2D eigenvalue weighted by Gasteiger charge is 2.27. The monoisotopic (exact) mass is 379 g/mol. The highest BCUT2D eigenvalue weighted by molar-refractivity contribution is 5.85. The summed E-state index contributed by atoms with van der Waals surface area (Å²) in [5.41, 5.74) is 4.33. The number of rotatable bonds is 5. The summed E-state index contributed by atoms with van der Waals surface area (Å²) in [6.45, 7) is 5.89. The van der Waals surface area contributed by atoms with Gasteiger partial charge in [-0.15, -0.1) is 0 Å². The number of hydrogen-bond donors (Lipinski definition) is 4. The van der Waals surface area contributed by atoms with Crippen LogP contribution in [0, 0.1) is 0 Å². The van der Waals surface area contributed by atoms with Crippen molar-refractivity contribution in [3.05, 3.63) is 24.3 Å². The van der Waals surface area contributed by atoms with Gasteiger partial charge >= 0.3 is 0 Å². The standard InChI is InChI=1S/C18H26N4O5/c1-18(2,3)19-15(23)9-22(4)10-16(24)20-21-17(25)14-11-26-12-7-5-6-8-13(12)27-14/h5-8,14H,9-11H2,1-4H3,(H,19,23)(H,20,24)(H,21,25)/p+1/t14-/m1/s1. The zero-order chi connectivity index (χ0) is 20.0. The number of hydrogen-bond acceptors (Lipinski definition) is 5. The molecule has 4 N–H and O–H groups in total. The van der Waals surface area contributed by atoms with E-state index in [1.165, 1.54) is 0 Å². The molecule has 9 nitrogen and oxygen atoms in total. The number of benzene rings is 1. The number of fused-ring (bicyclic) bond motifs is 1. The summed E-state index contributed by atoms with van der Waals surface area (Å²) in [5, 5.41) is 2.83. The number of ether oxygens (including phenoxy) is 2. The van der Waals surface area contributed by atoms with Crippen LogP contribution in [0.15, 0.2) is 24.3 Å². The Kier molecular flexibility index (Phi) is 6.62. The summed E-state index contributed by atoms with van der Waals surface area (Å²) in [5.74, 6) is -0.0283. The normalized spacial score (nSPS) is 16.8. The first-order valence-corrected chi connectivity index (χ1v) is 8.73. The smallest absolute Gasteiger partial charge is 0.293 e. The van der Waals surface area contributed by atoms with E-state index in [9.17, 15) is 14.4 Å². The predicted molar refractivity (Wildman–Crippen MR) is 97.2 cm³/mol. The van der Waals surface area contributed by atoms with E-state index >= 15 is 0 Å². The van der Waals surface area contributed by atoms with Gasteiger partial charge in [0, 0.05) is 5.54 Å². The SMILES string of the molecule is C[NH+](CC(=O)NNC(=O)[C@H]1COc2ccccc2O1)CC(=O)NC(C)(C)C. The van der Waals surface area contributed by atoms with Crippen LogP contribution in [0.3, 0.4) is 0 Å². The first kappa shape index (κ1) is 20.5. The molecule has 1 aromatic rings. The third kappa shape index (κ3) is 6.78. The predicted octanol–water partition coefficient (Wildman–Crippen LogP) is -1.60. The van der Waals surface area contributed by atoms with Crippen molar-refractivity contribution in [2.75, 3.05) is 26.7 Å². The van der Waals surface area contributed by atoms with Crippen LogP contribution in [0.25, 0.3) is 0 Å². The summed E-state index contributed by atoms with van der Waals surface area (Å²) >= 11 is 0. The Morgan fingerprint density at radius 1 is 1.07 bits per heavy atom. The van der Waals surface area contributed by atoms with Crippen molar-refractivity contribution >= 4 is 17.7 Å². The lowest BCUT2D eigenvalue weighted by Crippen LogP contribution is -3.11. The first-order chi connectivity index (χ1) is 12.6. The van der Waals surface area contributed by atoms with E-state index in [4.69, 9.17) is 9.47 Å². The Balaban J connectivity index is 1.72. The molecule has 0 saturated heterocycles. The number of quaternary nitrogens is 1. The lowest BCUT2D eigenvalue weighted by atomic mass is 10.1. The maximum Gasteiger partial charge on any atom is 0.293 e. The topological polar surface area (TPSA) is 110 Å². The lowest BCUT2D eigenvalue weighted by molar-refractivity contribution is -0.862. The summed E-state index contributed by atoms with van der Waals surface area (Å²) in [4.78, 5) is 36.6. The molecule has 1 unspecified atom stereocenters. The highest BCUT2D eigenvalue weighted by atomic mass is 16.6. The highest BCUT2D eigenvalue weighted by Crippen LogP contribution is 2.30. The van der Waals surface area contributed by atoms with Crippen LogP contribution in [0.5, 0.6) is 11.5 Å². The molecule has 1 heterocycles. The van der Waals surface area contributed by atoms with E-state index in [0.717, 1.165) is 0 Å². The molecule has 0 radical (unpaired) electrons. The Bertz CT molecular complexity index is 701. The summed E-state index contributed by atoms with van der Waals surface area (Å²) < 4.78 is 11.0. The summed E-state index contributed by atoms with van der Waals surface area (Å²) in [6, 6.07) is 7.04. The fourth-order valence-corrected chi connectivity index (χ4v) is 2.48. The van der Waals surface area contributed by atoms with Crippen LogP contribution in [-0.2, 0) is 14.4 Å². The molecule has 1 aliphatic heterocycles. The van der Waals surface area contributed by atoms with Gasteiger partial charge in [0.25, 0.3) is 17.7 Å². The number of likely N-dealkylation sites (N-methyl/N-ethyl adjacent to an activating group) is 1. The number of amides is 3. The third-order valence-electron chi connectivity index (χ3n) is 3.57. The van der Waals surface area contributed by atoms with Crippen LogP contribution in [-0.4, -0.2) is 56.1 Å². The molecule has 0 aliphatic carbocycles. The minimum atomic E-state index is -0.858. The molecule has 9 heteroatoms. The molecule has 0 aromatic heterocycles. The zero-order valence-electron chi connectivity index (χ0n) is 16.0. The number of hydrazine groups is 1. The van der Waals surface area contributed by atoms with Crippen molar-refractivity contribution in [3.8, 4) is 11.5 Å². The van der Waals surface area contributed by atoms with E-state index in [1.54, 1.807) is 25.2 Å². The molecule has 0 bridgehead atoms. The maximum atomic E-state index is 12.1. The molecule has 1 aromatic carbocycles. The molecule has 0 spiro atoms. The van der Waals surface area contributed by atoms with Crippen LogP contribution in [0.4, 0.5) is 0 Å². The van der Waals surface area contributed by atoms with Gasteiger partial charge in [-0.25, -0.2) is 0 Å². The molecule has 2 rings (SSSR count). The largest absolute Gasteiger partial charge is 0.485 e. The van der Waals surface area contributed by atoms with Crippen molar-refractivity contribution in [3.63, 3.8) is 0 Å². The van der Waals surface area contributed by atoms with Crippen molar-refractivity contribution in [2.45, 2.75) is 32.4 Å². The van der Waals surface area contributed by atoms with Crippen molar-refractivity contribution < 1.29 is 28.8 Å². The van der Waals surface area contributed by atoms with Gasteiger partial charge in [0.15, 0.2) is 24.6 Å². The molecule has 2 atom stereocenters. The first-order valence-electron chi connectivity index (χ1n) is 8.73. The van der Waals surface area contributed by atoms with E-state index in [1.807, 2.05) is 26.8 Å². The Morgan fingerprint density at radius 3 is 2.37 bits per heavy atom. The lowest BCUT2D eigenvalue weighted by Gasteiger charge is -2.25. The average Bonchev–Trinajstić information content (AvgIpc) is 2.57. The summed E-state index contributed by atoms with van der Waals surface area (Å²) in [6.07, 6.45) is -0.858. The average molecular weight is 379 g/mol. The van der Waals surface area contributed by atoms with E-state index < -0.39 is 17.9 Å². The maximum absolute atomic E-state index is 12.1. The number of carbonyl (C=O) groups is 3. The molecule has 3 amide bonds. The fourth-order valence-electron chi connectivity index (χ4n) is 2.48. The van der Waals surface area contributed by atoms with Gasteiger partial charge in [-0.05, 0) is 32.9 Å². The molecule has 148 valence electrons. The van der Waals surface area contributed by atoms with E-state index in [2.05, 4.69) is 16.2 Å². The van der Waals surface area contributed by atoms with Crippen molar-refractivity contribution in [1.29, 1.82) is 0 Å². The van der Waals surface area contributed by atoms with Gasteiger partial charge in [0.2, 0.25) is 6.10 Å². The molecule has 27 heavy (non-hydrogen) atoms. The molecule has 0 saturated carbocycles. The van der Waals surface area contributed by atoms with Crippen LogP contribution in [0.2, 0.25) is 0 Å². The minimum absolute atomic E-state index is 0.0305. The summed E-state index contributed by atoms with van der Waals surface area (Å²) in [7, 11) is 1.72. The Morgan fingerprint density at radius 2 is 1.70 bits per heavy atom. The molecular weight excluding hydrogens is 352 g/mol. The number of carbonyl (C=O) groups excluding carboxylic acids is 3. The van der Waals surface area contributed by atoms with E-state index in [0.29, 0.717) is 16.4 Å². The number of para-hydroxylation sites is 2. The van der Waals surface area contributed by atoms with Gasteiger partial charge in [0.05, 0.1) is 7.05 Å². The van der Waals surface area contributed by atoms with Gasteiger partial charge < -0.3 is 19.7 Å². The van der Waals surface area contributed by atoms with Crippen LogP contribution < -0.4 is 30.5 Å². The van der Waals surface area contributed by atoms with Crippen LogP contribution in [0.1, 0.15) is 20.8 Å². The fraction of sp³-hybridized carbons (Fsp3) is 0.500. The van der Waals surface area contributed by atoms with Crippen LogP contribution >= 0.6 is 0 Å². The van der Waals surface area contributed by atoms with Gasteiger partial charge in [-0.3, -0.25) is 25.2 Å². The minimum Gasteiger partial charge on any atom is -0.485 e. The third-order valence-corrected chi connectivity index (χ3v) is 3.57. The second kappa shape index (κ2) is 8.72. The van der Waals surface area contributed by atoms with E-state index in [-0.39, 0.29) is 31.1 Å². The second-order valence-electron chi connectivity index (χ2n) is 7.51. The van der Waals surface area contributed by atoms with Crippen molar-refractivity contribution in [2.24, 2.45) is 0 Å². The molecule has 0 fully saturated rings. The van der Waals surface area contributed by atoms with Gasteiger partial charge in [0.1, 0.15) is 6.61 Å². The molecular formula is C18H27N4O5+. The second-order valence-corrected chi connectivity index (χ2v) is 7.51. The zero-order valence-corrected chi connectivity index (χ0v) is 16.0. The molecule has 1 aliphatic rings. The van der Waals surface area contributed by atoms with Gasteiger partial charge in [-0.2, -0.15) is 0 Å². The Labute approximate surface area is 158 Å². The van der Waals surface area contributed by atoms with Crippen molar-refractivity contribution in [1.82, 2.24) is 16.2 Å². The van der Waals surface area contributed by atoms with Gasteiger partial charge in [-0.1, -0.05) is 12.1 Å². The quantitative estimate of drug-likeness (QED) is 0.461. The number of nitrogens with one attached hydrogen (secondary N) is 4. The Hall–Kier alpha value is -2.81.